The number of benzene rings is 9. The largest absolute Gasteiger partial charge is 0.309 e. The molecule has 0 spiro atoms. The molecule has 0 aliphatic heterocycles. The molecule has 62 heavy (non-hydrogen) atoms. The van der Waals surface area contributed by atoms with Gasteiger partial charge in [0.05, 0.1) is 44.1 Å². The molecule has 290 valence electrons. The summed E-state index contributed by atoms with van der Waals surface area (Å²) in [7, 11) is 0. The molecule has 5 heteroatoms. The van der Waals surface area contributed by atoms with Crippen LogP contribution in [0.5, 0.6) is 0 Å². The maximum absolute atomic E-state index is 9.67. The molecule has 4 nitrogen and oxygen atoms in total. The lowest BCUT2D eigenvalue weighted by Gasteiger charge is -2.15. The van der Waals surface area contributed by atoms with Gasteiger partial charge in [0.25, 0.3) is 0 Å². The second-order valence-corrected chi connectivity index (χ2v) is 15.1. The zero-order valence-corrected chi connectivity index (χ0v) is 32.8. The van der Waals surface area contributed by atoms with Crippen LogP contribution in [0.15, 0.2) is 218 Å². The van der Waals surface area contributed by atoms with Gasteiger partial charge in [0, 0.05) is 47.6 Å². The molecule has 0 fully saturated rings. The van der Waals surface area contributed by atoms with Crippen molar-refractivity contribution in [3.8, 4) is 73.2 Å². The fourth-order valence-corrected chi connectivity index (χ4v) is 8.91. The minimum Gasteiger partial charge on any atom is -0.309 e. The minimum absolute atomic E-state index is 0.0387. The van der Waals surface area contributed by atoms with Gasteiger partial charge in [-0.2, -0.15) is 0 Å². The molecule has 0 amide bonds. The lowest BCUT2D eigenvalue weighted by atomic mass is 9.99. The van der Waals surface area contributed by atoms with Gasteiger partial charge < -0.3 is 4.57 Å². The van der Waals surface area contributed by atoms with Crippen molar-refractivity contribution in [2.45, 2.75) is 0 Å². The first-order chi connectivity index (χ1) is 39.0. The minimum atomic E-state index is -0.663. The van der Waals surface area contributed by atoms with Crippen LogP contribution in [0.1, 0.15) is 27.4 Å². The fraction of sp³-hybridized carbons (Fsp3) is 0. The monoisotopic (exact) mass is 828 g/mol. The van der Waals surface area contributed by atoms with Gasteiger partial charge in [-0.3, -0.25) is 0 Å². The van der Waals surface area contributed by atoms with Gasteiger partial charge in [-0.05, 0) is 81.8 Å². The molecule has 0 aliphatic carbocycles. The second-order valence-electron chi connectivity index (χ2n) is 14.1. The molecule has 0 N–H and O–H groups in total. The van der Waals surface area contributed by atoms with E-state index in [1.165, 1.54) is 15.9 Å². The molecule has 12 rings (SSSR count). The normalized spacial score (nSPS) is 16.1. The zero-order chi connectivity index (χ0) is 58.4. The summed E-state index contributed by atoms with van der Waals surface area (Å²) in [6.45, 7) is 0. The van der Waals surface area contributed by atoms with E-state index in [0.29, 0.717) is 16.7 Å². The molecule has 3 aromatic heterocycles. The van der Waals surface area contributed by atoms with E-state index < -0.39 is 90.6 Å². The number of hydrogen-bond donors (Lipinski definition) is 0. The van der Waals surface area contributed by atoms with Crippen molar-refractivity contribution in [1.82, 2.24) is 19.5 Å². The first kappa shape index (κ1) is 21.0. The lowest BCUT2D eigenvalue weighted by molar-refractivity contribution is 1.06. The number of fused-ring (bicyclic) bond motifs is 6. The summed E-state index contributed by atoms with van der Waals surface area (Å²) in [6.07, 6.45) is 0. The van der Waals surface area contributed by atoms with Gasteiger partial charge in [-0.15, -0.1) is 11.3 Å². The van der Waals surface area contributed by atoms with E-state index in [1.54, 1.807) is 48.5 Å². The molecule has 12 aromatic rings. The molecule has 0 radical (unpaired) electrons. The Labute approximate surface area is 390 Å². The van der Waals surface area contributed by atoms with E-state index >= 15 is 0 Å². The number of nitrogens with zero attached hydrogens (tertiary/aromatic N) is 4. The van der Waals surface area contributed by atoms with Crippen LogP contribution in [-0.2, 0) is 0 Å². The Kier molecular flexibility index (Phi) is 5.06. The van der Waals surface area contributed by atoms with Crippen molar-refractivity contribution >= 4 is 53.3 Å². The van der Waals surface area contributed by atoms with Crippen LogP contribution >= 0.6 is 11.3 Å². The topological polar surface area (TPSA) is 43.6 Å². The molecule has 0 atom stereocenters. The van der Waals surface area contributed by atoms with Gasteiger partial charge in [0.1, 0.15) is 0 Å². The zero-order valence-electron chi connectivity index (χ0n) is 51.9. The van der Waals surface area contributed by atoms with Crippen molar-refractivity contribution in [3.63, 3.8) is 0 Å². The first-order valence-electron chi connectivity index (χ1n) is 29.2. The fourth-order valence-electron chi connectivity index (χ4n) is 7.69. The van der Waals surface area contributed by atoms with Crippen molar-refractivity contribution in [2.75, 3.05) is 0 Å². The Hall–Kier alpha value is -7.99. The Balaban J connectivity index is 1.10. The molecule has 0 unspecified atom stereocenters. The Bertz CT molecular complexity index is 4760. The van der Waals surface area contributed by atoms with E-state index in [1.807, 2.05) is 36.4 Å². The van der Waals surface area contributed by atoms with Gasteiger partial charge >= 0.3 is 0 Å². The average Bonchev–Trinajstić information content (AvgIpc) is 1.98. The maximum atomic E-state index is 9.67. The molecule has 0 aliphatic rings. The van der Waals surface area contributed by atoms with E-state index in [0.717, 1.165) is 37.9 Å². The highest BCUT2D eigenvalue weighted by Crippen LogP contribution is 2.43. The highest BCUT2D eigenvalue weighted by Gasteiger charge is 2.20. The molecule has 3 heterocycles. The Morgan fingerprint density at radius 3 is 1.92 bits per heavy atom. The van der Waals surface area contributed by atoms with Crippen molar-refractivity contribution in [1.29, 1.82) is 0 Å². The third-order valence-corrected chi connectivity index (χ3v) is 11.7. The highest BCUT2D eigenvalue weighted by molar-refractivity contribution is 7.26. The van der Waals surface area contributed by atoms with E-state index in [4.69, 9.17) is 35.5 Å². The number of hydrogen-bond acceptors (Lipinski definition) is 4. The second kappa shape index (κ2) is 14.9. The highest BCUT2D eigenvalue weighted by atomic mass is 32.1. The predicted octanol–water partition coefficient (Wildman–Crippen LogP) is 15.3. The Morgan fingerprint density at radius 1 is 0.387 bits per heavy atom. The summed E-state index contributed by atoms with van der Waals surface area (Å²) < 4.78 is 179. The van der Waals surface area contributed by atoms with Crippen LogP contribution in [0, 0.1) is 0 Å². The van der Waals surface area contributed by atoms with Crippen LogP contribution in [0.4, 0.5) is 0 Å². The van der Waals surface area contributed by atoms with Gasteiger partial charge in [-0.1, -0.05) is 169 Å². The molecule has 0 bridgehead atoms. The van der Waals surface area contributed by atoms with Crippen LogP contribution in [0.2, 0.25) is 0 Å². The summed E-state index contributed by atoms with van der Waals surface area (Å²) in [5, 5.41) is 1.20. The van der Waals surface area contributed by atoms with Crippen LogP contribution in [0.3, 0.4) is 0 Å². The third-order valence-electron chi connectivity index (χ3n) is 10.5. The van der Waals surface area contributed by atoms with Crippen LogP contribution < -0.4 is 0 Å². The van der Waals surface area contributed by atoms with E-state index in [-0.39, 0.29) is 103 Å². The smallest absolute Gasteiger partial charge is 0.166 e. The molecule has 9 aromatic carbocycles. The number of para-hydroxylation sites is 2. The number of aromatic nitrogens is 4. The van der Waals surface area contributed by atoms with Crippen molar-refractivity contribution in [3.05, 3.63) is 218 Å². The predicted molar refractivity (Wildman–Crippen MR) is 260 cm³/mol. The van der Waals surface area contributed by atoms with Crippen molar-refractivity contribution < 1.29 is 27.4 Å². The SMILES string of the molecule is [2H]c1cc([2H])c(-c2c([2H])c([2H])c3c(c2[2H])c2c([2H])c([2H])c([2H])c([2H])c2n3-c2ccccc2-c2nc(-c3cccc(-c4cccc5c4sc4ccc(-c6c([2H])c([2H])c([2H])c([2H])c6[2H])cc45)c3)nc(-c3c([2H])c([2H])c([2H])c([2H])c3[2H])n2)c([2H])c1. The molecular weight excluding hydrogens is 773 g/mol. The maximum Gasteiger partial charge on any atom is 0.166 e. The summed E-state index contributed by atoms with van der Waals surface area (Å²) in [5.41, 5.74) is 1.17. The summed E-state index contributed by atoms with van der Waals surface area (Å²) in [6, 6.07) is 16.4. The molecule has 0 saturated heterocycles. The van der Waals surface area contributed by atoms with Crippen LogP contribution in [-0.4, -0.2) is 19.5 Å². The van der Waals surface area contributed by atoms with Crippen molar-refractivity contribution in [2.24, 2.45) is 0 Å². The number of thiophene rings is 1. The average molecular weight is 829 g/mol. The van der Waals surface area contributed by atoms with E-state index in [2.05, 4.69) is 0 Å². The van der Waals surface area contributed by atoms with Gasteiger partial charge in [0.15, 0.2) is 17.5 Å². The lowest BCUT2D eigenvalue weighted by Crippen LogP contribution is -2.03. The van der Waals surface area contributed by atoms with Gasteiger partial charge in [-0.25, -0.2) is 15.0 Å². The molecule has 0 saturated carbocycles. The standard InChI is InChI=1S/C57H36N4S/c1-4-16-37(17-5-1)40-30-32-52-48(35-40)45-24-10-12-28-50(45)61(52)51-29-13-11-25-47(51)57-59-55(39-20-8-3-9-21-39)58-56(60-57)43-23-14-22-42(34-43)44-26-15-27-46-49-36-41(38-18-6-2-7-19-38)31-33-53(49)62-54(44)46/h1-36H/i1D,2D,3D,6D,7D,8D,9D,10D,12D,16D,17D,18D,19D,20D,21D,24D,28D,30D,32D,35D. The summed E-state index contributed by atoms with van der Waals surface area (Å²) in [4.78, 5) is 14.6. The molecular formula is C57H36N4S. The third kappa shape index (κ3) is 6.18. The summed E-state index contributed by atoms with van der Waals surface area (Å²) in [5.74, 6) is -0.548. The number of rotatable bonds is 7. The summed E-state index contributed by atoms with van der Waals surface area (Å²) >= 11 is 1.48. The quantitative estimate of drug-likeness (QED) is 0.161. The Morgan fingerprint density at radius 2 is 1.06 bits per heavy atom. The first-order valence-corrected chi connectivity index (χ1v) is 20.0. The van der Waals surface area contributed by atoms with E-state index in [9.17, 15) is 6.85 Å². The van der Waals surface area contributed by atoms with Crippen LogP contribution in [0.25, 0.3) is 115 Å². The van der Waals surface area contributed by atoms with Gasteiger partial charge in [0.2, 0.25) is 0 Å².